The molecule has 2 fully saturated rings. The van der Waals surface area contributed by atoms with E-state index in [0.717, 1.165) is 31.4 Å². The lowest BCUT2D eigenvalue weighted by molar-refractivity contribution is -0.0664. The number of nitrogens with zero attached hydrogens (tertiary/aromatic N) is 1. The van der Waals surface area contributed by atoms with Crippen molar-refractivity contribution < 1.29 is 9.53 Å². The standard InChI is InChI=1S/C17H24N2O2S/c1-19(2)15-14(11-7-8-21-16(11)15)18-17(20)12-9-22-13-6-4-3-5-10(12)13/h9,11,14-16H,3-8H2,1-2H3,(H,18,20)/t11-,14+,15-,16-/m1/s1. The van der Waals surface area contributed by atoms with Crippen molar-refractivity contribution >= 4 is 17.2 Å². The minimum absolute atomic E-state index is 0.126. The van der Waals surface area contributed by atoms with E-state index in [9.17, 15) is 4.79 Å². The summed E-state index contributed by atoms with van der Waals surface area (Å²) in [6.07, 6.45) is 6.07. The molecule has 1 amide bonds. The van der Waals surface area contributed by atoms with Gasteiger partial charge in [0.15, 0.2) is 0 Å². The van der Waals surface area contributed by atoms with Crippen molar-refractivity contribution in [2.75, 3.05) is 20.7 Å². The highest BCUT2D eigenvalue weighted by atomic mass is 32.1. The minimum Gasteiger partial charge on any atom is -0.376 e. The lowest BCUT2D eigenvalue weighted by Gasteiger charge is -2.50. The number of aryl methyl sites for hydroxylation is 1. The zero-order chi connectivity index (χ0) is 15.3. The predicted octanol–water partition coefficient (Wildman–Crippen LogP) is 2.07. The number of carbonyl (C=O) groups is 1. The van der Waals surface area contributed by atoms with Gasteiger partial charge in [-0.3, -0.25) is 4.79 Å². The molecular weight excluding hydrogens is 296 g/mol. The van der Waals surface area contributed by atoms with Crippen LogP contribution in [-0.2, 0) is 17.6 Å². The highest BCUT2D eigenvalue weighted by Crippen LogP contribution is 2.41. The van der Waals surface area contributed by atoms with Crippen LogP contribution in [0.2, 0.25) is 0 Å². The van der Waals surface area contributed by atoms with E-state index in [1.54, 1.807) is 11.3 Å². The number of fused-ring (bicyclic) bond motifs is 2. The third-order valence-corrected chi connectivity index (χ3v) is 6.64. The van der Waals surface area contributed by atoms with Crippen molar-refractivity contribution in [3.05, 3.63) is 21.4 Å². The first-order chi connectivity index (χ1) is 10.7. The van der Waals surface area contributed by atoms with Gasteiger partial charge in [0.05, 0.1) is 23.8 Å². The Morgan fingerprint density at radius 3 is 3.00 bits per heavy atom. The molecule has 4 rings (SSSR count). The Hall–Kier alpha value is -0.910. The largest absolute Gasteiger partial charge is 0.376 e. The first kappa shape index (κ1) is 14.7. The molecule has 0 bridgehead atoms. The Balaban J connectivity index is 1.51. The molecule has 22 heavy (non-hydrogen) atoms. The smallest absolute Gasteiger partial charge is 0.252 e. The van der Waals surface area contributed by atoms with Gasteiger partial charge in [0.1, 0.15) is 0 Å². The fourth-order valence-corrected chi connectivity index (χ4v) is 5.52. The van der Waals surface area contributed by atoms with Crippen LogP contribution in [-0.4, -0.2) is 49.7 Å². The molecule has 4 nitrogen and oxygen atoms in total. The maximum atomic E-state index is 12.8. The van der Waals surface area contributed by atoms with Gasteiger partial charge >= 0.3 is 0 Å². The number of amides is 1. The van der Waals surface area contributed by atoms with Gasteiger partial charge in [-0.25, -0.2) is 0 Å². The summed E-state index contributed by atoms with van der Waals surface area (Å²) in [5, 5.41) is 5.38. The fourth-order valence-electron chi connectivity index (χ4n) is 4.40. The molecule has 3 aliphatic rings. The van der Waals surface area contributed by atoms with E-state index < -0.39 is 0 Å². The zero-order valence-electron chi connectivity index (χ0n) is 13.3. The molecule has 1 saturated heterocycles. The second-order valence-corrected chi connectivity index (χ2v) is 7.96. The zero-order valence-corrected chi connectivity index (χ0v) is 14.1. The molecule has 2 heterocycles. The third-order valence-electron chi connectivity index (χ3n) is 5.55. The minimum atomic E-state index is 0.126. The van der Waals surface area contributed by atoms with Gasteiger partial charge < -0.3 is 15.0 Å². The molecule has 5 heteroatoms. The molecule has 0 unspecified atom stereocenters. The highest BCUT2D eigenvalue weighted by Gasteiger charge is 2.55. The van der Waals surface area contributed by atoms with Gasteiger partial charge in [-0.2, -0.15) is 0 Å². The number of nitrogens with one attached hydrogen (secondary N) is 1. The van der Waals surface area contributed by atoms with Crippen molar-refractivity contribution in [3.63, 3.8) is 0 Å². The van der Waals surface area contributed by atoms with E-state index >= 15 is 0 Å². The monoisotopic (exact) mass is 320 g/mol. The van der Waals surface area contributed by atoms with Gasteiger partial charge in [-0.05, 0) is 51.8 Å². The predicted molar refractivity (Wildman–Crippen MR) is 87.5 cm³/mol. The first-order valence-corrected chi connectivity index (χ1v) is 9.23. The molecule has 0 aromatic carbocycles. The lowest BCUT2D eigenvalue weighted by atomic mass is 9.71. The van der Waals surface area contributed by atoms with E-state index in [4.69, 9.17) is 4.74 Å². The quantitative estimate of drug-likeness (QED) is 0.927. The van der Waals surface area contributed by atoms with Crippen LogP contribution in [0.3, 0.4) is 0 Å². The average molecular weight is 320 g/mol. The molecule has 1 N–H and O–H groups in total. The van der Waals surface area contributed by atoms with Crippen LogP contribution in [0.15, 0.2) is 5.38 Å². The Bertz CT molecular complexity index is 583. The fraction of sp³-hybridized carbons (Fsp3) is 0.706. The van der Waals surface area contributed by atoms with E-state index in [2.05, 4.69) is 29.7 Å². The number of carbonyl (C=O) groups excluding carboxylic acids is 1. The van der Waals surface area contributed by atoms with Crippen molar-refractivity contribution in [3.8, 4) is 0 Å². The number of thiophene rings is 1. The Morgan fingerprint density at radius 1 is 1.36 bits per heavy atom. The third kappa shape index (κ3) is 2.22. The molecule has 1 aromatic heterocycles. The number of ether oxygens (including phenoxy) is 1. The Morgan fingerprint density at radius 2 is 2.18 bits per heavy atom. The van der Waals surface area contributed by atoms with Gasteiger partial charge in [0, 0.05) is 22.8 Å². The number of hydrogen-bond acceptors (Lipinski definition) is 4. The van der Waals surface area contributed by atoms with Crippen molar-refractivity contribution in [1.82, 2.24) is 10.2 Å². The highest BCUT2D eigenvalue weighted by molar-refractivity contribution is 7.10. The number of rotatable bonds is 3. The lowest BCUT2D eigenvalue weighted by Crippen LogP contribution is -2.69. The van der Waals surface area contributed by atoms with E-state index in [0.29, 0.717) is 18.1 Å². The van der Waals surface area contributed by atoms with Crippen LogP contribution in [0.5, 0.6) is 0 Å². The molecule has 1 aromatic rings. The Kier molecular flexibility index (Phi) is 3.75. The van der Waals surface area contributed by atoms with Crippen LogP contribution >= 0.6 is 11.3 Å². The van der Waals surface area contributed by atoms with Crippen LogP contribution in [0.25, 0.3) is 0 Å². The van der Waals surface area contributed by atoms with Crippen LogP contribution in [0.4, 0.5) is 0 Å². The summed E-state index contributed by atoms with van der Waals surface area (Å²) in [5.74, 6) is 0.618. The van der Waals surface area contributed by atoms with Crippen molar-refractivity contribution in [2.45, 2.75) is 50.3 Å². The average Bonchev–Trinajstić information content (AvgIpc) is 3.08. The topological polar surface area (TPSA) is 41.6 Å². The van der Waals surface area contributed by atoms with Gasteiger partial charge in [-0.1, -0.05) is 0 Å². The van der Waals surface area contributed by atoms with Crippen molar-refractivity contribution in [1.29, 1.82) is 0 Å². The van der Waals surface area contributed by atoms with E-state index in [1.165, 1.54) is 23.3 Å². The van der Waals surface area contributed by atoms with Gasteiger partial charge in [0.25, 0.3) is 5.91 Å². The summed E-state index contributed by atoms with van der Waals surface area (Å²) in [5.41, 5.74) is 2.24. The second-order valence-electron chi connectivity index (χ2n) is 7.00. The first-order valence-electron chi connectivity index (χ1n) is 8.35. The Labute approximate surface area is 135 Å². The molecule has 1 saturated carbocycles. The SMILES string of the molecule is CN(C)[C@@H]1[C@@H](NC(=O)c2csc3c2CCCC3)[C@H]2CCO[C@H]21. The summed E-state index contributed by atoms with van der Waals surface area (Å²) >= 11 is 1.76. The molecule has 0 spiro atoms. The van der Waals surface area contributed by atoms with E-state index in [1.807, 2.05) is 0 Å². The number of likely N-dealkylation sites (N-methyl/N-ethyl adjacent to an activating group) is 1. The molecular formula is C17H24N2O2S. The summed E-state index contributed by atoms with van der Waals surface area (Å²) in [7, 11) is 4.16. The van der Waals surface area contributed by atoms with Crippen molar-refractivity contribution in [2.24, 2.45) is 5.92 Å². The normalized spacial score (nSPS) is 33.2. The van der Waals surface area contributed by atoms with Gasteiger partial charge in [-0.15, -0.1) is 11.3 Å². The second kappa shape index (κ2) is 5.62. The summed E-state index contributed by atoms with van der Waals surface area (Å²) in [4.78, 5) is 16.4. The maximum Gasteiger partial charge on any atom is 0.252 e. The summed E-state index contributed by atoms with van der Waals surface area (Å²) in [6.45, 7) is 0.833. The molecule has 2 aliphatic carbocycles. The molecule has 0 radical (unpaired) electrons. The van der Waals surface area contributed by atoms with Crippen LogP contribution in [0.1, 0.15) is 40.1 Å². The number of hydrogen-bond donors (Lipinski definition) is 1. The summed E-state index contributed by atoms with van der Waals surface area (Å²) in [6, 6.07) is 0.542. The van der Waals surface area contributed by atoms with Crippen LogP contribution in [0, 0.1) is 5.92 Å². The van der Waals surface area contributed by atoms with Crippen LogP contribution < -0.4 is 5.32 Å². The molecule has 4 atom stereocenters. The molecule has 1 aliphatic heterocycles. The van der Waals surface area contributed by atoms with E-state index in [-0.39, 0.29) is 11.9 Å². The molecule has 120 valence electrons. The summed E-state index contributed by atoms with van der Waals surface area (Å²) < 4.78 is 5.83. The maximum absolute atomic E-state index is 12.8. The van der Waals surface area contributed by atoms with Gasteiger partial charge in [0.2, 0.25) is 0 Å².